The lowest BCUT2D eigenvalue weighted by Gasteiger charge is -2.32. The normalized spacial score (nSPS) is 14.2. The second-order valence-corrected chi connectivity index (χ2v) is 9.98. The largest absolute Gasteiger partial charge is 0.493 e. The van der Waals surface area contributed by atoms with E-state index >= 15 is 0 Å². The van der Waals surface area contributed by atoms with Crippen LogP contribution in [0.2, 0.25) is 0 Å². The number of hydrogen-bond acceptors (Lipinski definition) is 6. The minimum atomic E-state index is -0.896. The first kappa shape index (κ1) is 27.2. The highest BCUT2D eigenvalue weighted by atomic mass is 16.5. The van der Waals surface area contributed by atoms with Crippen LogP contribution in [0.3, 0.4) is 0 Å². The molecule has 208 valence electrons. The number of hydrogen-bond donors (Lipinski definition) is 1. The van der Waals surface area contributed by atoms with Gasteiger partial charge in [0.15, 0.2) is 11.5 Å². The van der Waals surface area contributed by atoms with Gasteiger partial charge in [0, 0.05) is 12.6 Å². The summed E-state index contributed by atoms with van der Waals surface area (Å²) < 4.78 is 12.9. The van der Waals surface area contributed by atoms with Gasteiger partial charge in [-0.2, -0.15) is 0 Å². The number of nitrogens with one attached hydrogen (secondary N) is 1. The molecule has 1 heterocycles. The van der Waals surface area contributed by atoms with Gasteiger partial charge in [0.05, 0.1) is 19.2 Å². The lowest BCUT2D eigenvalue weighted by atomic mass is 10.0. The van der Waals surface area contributed by atoms with E-state index in [1.807, 2.05) is 67.6 Å². The molecule has 5 rings (SSSR count). The Morgan fingerprint density at radius 2 is 1.77 bits per heavy atom. The number of amides is 2. The summed E-state index contributed by atoms with van der Waals surface area (Å²) in [6.45, 7) is 2.56. The van der Waals surface area contributed by atoms with Gasteiger partial charge < -0.3 is 19.7 Å². The molecular formula is C31H35N5O4. The molecule has 0 aliphatic heterocycles. The van der Waals surface area contributed by atoms with Crippen LogP contribution in [0.25, 0.3) is 11.0 Å². The fourth-order valence-corrected chi connectivity index (χ4v) is 5.31. The molecule has 3 aromatic carbocycles. The maximum Gasteiger partial charge on any atom is 0.247 e. The van der Waals surface area contributed by atoms with Crippen molar-refractivity contribution >= 4 is 22.8 Å². The van der Waals surface area contributed by atoms with Crippen molar-refractivity contribution in [1.82, 2.24) is 25.2 Å². The van der Waals surface area contributed by atoms with E-state index in [4.69, 9.17) is 9.47 Å². The zero-order chi connectivity index (χ0) is 27.9. The molecule has 1 saturated carbocycles. The topological polar surface area (TPSA) is 98.6 Å². The second-order valence-electron chi connectivity index (χ2n) is 9.98. The summed E-state index contributed by atoms with van der Waals surface area (Å²) >= 11 is 0. The summed E-state index contributed by atoms with van der Waals surface area (Å²) in [6, 6.07) is 21.8. The molecule has 0 saturated heterocycles. The van der Waals surface area contributed by atoms with Crippen LogP contribution in [0, 0.1) is 0 Å². The van der Waals surface area contributed by atoms with E-state index in [1.165, 1.54) is 0 Å². The van der Waals surface area contributed by atoms with Crippen LogP contribution < -0.4 is 14.8 Å². The number of para-hydroxylation sites is 1. The predicted octanol–water partition coefficient (Wildman–Crippen LogP) is 4.67. The summed E-state index contributed by atoms with van der Waals surface area (Å²) in [6.07, 6.45) is 4.03. The predicted molar refractivity (Wildman–Crippen MR) is 152 cm³/mol. The Bertz CT molecular complexity index is 1450. The summed E-state index contributed by atoms with van der Waals surface area (Å²) in [5, 5.41) is 11.7. The van der Waals surface area contributed by atoms with Gasteiger partial charge in [-0.05, 0) is 55.2 Å². The standard InChI is InChI=1S/C31H35N5O4/c1-3-40-27-18-17-23(19-28(27)39-2)30(31(38)32-24-13-7-8-14-24)35(20-22-11-5-4-6-12-22)29(37)21-36-26-16-10-9-15-25(26)33-34-36/h4-6,9-12,15-19,24,30H,3,7-8,13-14,20-21H2,1-2H3,(H,32,38)/t30-/m0/s1. The Labute approximate surface area is 234 Å². The van der Waals surface area contributed by atoms with E-state index in [0.29, 0.717) is 29.2 Å². The molecule has 1 aliphatic carbocycles. The number of ether oxygens (including phenoxy) is 2. The van der Waals surface area contributed by atoms with E-state index < -0.39 is 6.04 Å². The Morgan fingerprint density at radius 3 is 2.52 bits per heavy atom. The maximum atomic E-state index is 14.1. The molecule has 0 radical (unpaired) electrons. The monoisotopic (exact) mass is 541 g/mol. The van der Waals surface area contributed by atoms with Gasteiger partial charge in [-0.1, -0.05) is 66.6 Å². The Hall–Kier alpha value is -4.40. The fourth-order valence-electron chi connectivity index (χ4n) is 5.31. The molecule has 1 atom stereocenters. The lowest BCUT2D eigenvalue weighted by Crippen LogP contribution is -2.46. The molecule has 9 nitrogen and oxygen atoms in total. The van der Waals surface area contributed by atoms with Gasteiger partial charge in [0.2, 0.25) is 11.8 Å². The Balaban J connectivity index is 1.55. The average molecular weight is 542 g/mol. The smallest absolute Gasteiger partial charge is 0.247 e. The molecule has 1 aliphatic rings. The van der Waals surface area contributed by atoms with Crippen molar-refractivity contribution in [2.75, 3.05) is 13.7 Å². The highest BCUT2D eigenvalue weighted by molar-refractivity contribution is 5.89. The molecule has 0 bridgehead atoms. The highest BCUT2D eigenvalue weighted by Crippen LogP contribution is 2.34. The van der Waals surface area contributed by atoms with E-state index in [2.05, 4.69) is 15.6 Å². The van der Waals surface area contributed by atoms with Crippen LogP contribution in [0.1, 0.15) is 49.8 Å². The molecule has 40 heavy (non-hydrogen) atoms. The molecule has 0 unspecified atom stereocenters. The van der Waals surface area contributed by atoms with Gasteiger partial charge >= 0.3 is 0 Å². The number of rotatable bonds is 11. The second kappa shape index (κ2) is 12.6. The molecular weight excluding hydrogens is 506 g/mol. The van der Waals surface area contributed by atoms with Crippen LogP contribution in [0.4, 0.5) is 0 Å². The van der Waals surface area contributed by atoms with Gasteiger partial charge in [0.1, 0.15) is 18.1 Å². The number of carbonyl (C=O) groups is 2. The van der Waals surface area contributed by atoms with Crippen molar-refractivity contribution in [3.8, 4) is 11.5 Å². The number of benzene rings is 3. The number of methoxy groups -OCH3 is 1. The molecule has 1 N–H and O–H groups in total. The van der Waals surface area contributed by atoms with Crippen molar-refractivity contribution in [3.63, 3.8) is 0 Å². The molecule has 9 heteroatoms. The number of carbonyl (C=O) groups excluding carboxylic acids is 2. The molecule has 1 fully saturated rings. The zero-order valence-corrected chi connectivity index (χ0v) is 23.0. The molecule has 2 amide bonds. The van der Waals surface area contributed by atoms with Crippen LogP contribution in [0.5, 0.6) is 11.5 Å². The van der Waals surface area contributed by atoms with E-state index in [0.717, 1.165) is 36.8 Å². The third kappa shape index (κ3) is 6.09. The number of fused-ring (bicyclic) bond motifs is 1. The minimum absolute atomic E-state index is 0.0608. The van der Waals surface area contributed by atoms with Crippen molar-refractivity contribution in [2.24, 2.45) is 0 Å². The molecule has 0 spiro atoms. The van der Waals surface area contributed by atoms with Crippen LogP contribution in [-0.4, -0.2) is 51.5 Å². The van der Waals surface area contributed by atoms with E-state index in [9.17, 15) is 9.59 Å². The molecule has 4 aromatic rings. The van der Waals surface area contributed by atoms with E-state index in [-0.39, 0.29) is 30.9 Å². The SMILES string of the molecule is CCOc1ccc([C@@H](C(=O)NC2CCCC2)N(Cc2ccccc2)C(=O)Cn2nnc3ccccc32)cc1OC. The summed E-state index contributed by atoms with van der Waals surface area (Å²) in [7, 11) is 1.57. The van der Waals surface area contributed by atoms with Crippen molar-refractivity contribution in [2.45, 2.75) is 57.8 Å². The first-order valence-corrected chi connectivity index (χ1v) is 13.8. The van der Waals surface area contributed by atoms with Crippen LogP contribution in [0.15, 0.2) is 72.8 Å². The quantitative estimate of drug-likeness (QED) is 0.296. The first-order valence-electron chi connectivity index (χ1n) is 13.8. The van der Waals surface area contributed by atoms with Crippen LogP contribution in [-0.2, 0) is 22.7 Å². The van der Waals surface area contributed by atoms with Crippen molar-refractivity contribution < 1.29 is 19.1 Å². The Kier molecular flexibility index (Phi) is 8.59. The number of nitrogens with zero attached hydrogens (tertiary/aromatic N) is 4. The van der Waals surface area contributed by atoms with Gasteiger partial charge in [-0.25, -0.2) is 4.68 Å². The highest BCUT2D eigenvalue weighted by Gasteiger charge is 2.34. The lowest BCUT2D eigenvalue weighted by molar-refractivity contribution is -0.142. The molecule has 1 aromatic heterocycles. The van der Waals surface area contributed by atoms with Gasteiger partial charge in [-0.3, -0.25) is 9.59 Å². The maximum absolute atomic E-state index is 14.1. The van der Waals surface area contributed by atoms with E-state index in [1.54, 1.807) is 28.8 Å². The van der Waals surface area contributed by atoms with Crippen molar-refractivity contribution in [1.29, 1.82) is 0 Å². The average Bonchev–Trinajstić information content (AvgIpc) is 3.64. The zero-order valence-electron chi connectivity index (χ0n) is 23.0. The third-order valence-corrected chi connectivity index (χ3v) is 7.29. The van der Waals surface area contributed by atoms with Crippen LogP contribution >= 0.6 is 0 Å². The Morgan fingerprint density at radius 1 is 1.02 bits per heavy atom. The third-order valence-electron chi connectivity index (χ3n) is 7.29. The fraction of sp³-hybridized carbons (Fsp3) is 0.355. The first-order chi connectivity index (χ1) is 19.6. The summed E-state index contributed by atoms with van der Waals surface area (Å²) in [4.78, 5) is 29.8. The number of aromatic nitrogens is 3. The summed E-state index contributed by atoms with van der Waals surface area (Å²) in [5.74, 6) is 0.621. The van der Waals surface area contributed by atoms with Crippen molar-refractivity contribution in [3.05, 3.63) is 83.9 Å². The summed E-state index contributed by atoms with van der Waals surface area (Å²) in [5.41, 5.74) is 3.02. The van der Waals surface area contributed by atoms with Gasteiger partial charge in [0.25, 0.3) is 0 Å². The van der Waals surface area contributed by atoms with Gasteiger partial charge in [-0.15, -0.1) is 5.10 Å². The minimum Gasteiger partial charge on any atom is -0.493 e.